The first-order chi connectivity index (χ1) is 9.92. The third-order valence-corrected chi connectivity index (χ3v) is 6.54. The average molecular weight is 268 g/mol. The van der Waals surface area contributed by atoms with E-state index in [4.69, 9.17) is 0 Å². The molecule has 5 atom stereocenters. The van der Waals surface area contributed by atoms with E-state index in [-0.39, 0.29) is 0 Å². The topological polar surface area (TPSA) is 24.1 Å². The largest absolute Gasteiger partial charge is 0.385 e. The lowest BCUT2D eigenvalue weighted by molar-refractivity contribution is 0.443. The Morgan fingerprint density at radius 3 is 2.70 bits per heavy atom. The molecule has 3 fully saturated rings. The third kappa shape index (κ3) is 1.60. The van der Waals surface area contributed by atoms with E-state index in [0.29, 0.717) is 5.92 Å². The number of benzene rings is 1. The van der Waals surface area contributed by atoms with Gasteiger partial charge in [-0.1, -0.05) is 18.2 Å². The monoisotopic (exact) mass is 268 g/mol. The number of rotatable bonds is 3. The third-order valence-electron chi connectivity index (χ3n) is 6.54. The molecule has 20 heavy (non-hydrogen) atoms. The quantitative estimate of drug-likeness (QED) is 0.879. The number of hydrogen-bond acceptors (Lipinski definition) is 2. The second kappa shape index (κ2) is 4.24. The summed E-state index contributed by atoms with van der Waals surface area (Å²) < 4.78 is 0. The van der Waals surface area contributed by atoms with Crippen molar-refractivity contribution in [3.8, 4) is 0 Å². The van der Waals surface area contributed by atoms with Gasteiger partial charge in [0.1, 0.15) is 0 Å². The molecule has 0 spiro atoms. The van der Waals surface area contributed by atoms with Crippen LogP contribution >= 0.6 is 0 Å². The summed E-state index contributed by atoms with van der Waals surface area (Å²) in [5.74, 6) is 5.01. The van der Waals surface area contributed by atoms with Gasteiger partial charge in [0.2, 0.25) is 0 Å². The Morgan fingerprint density at radius 1 is 1.05 bits per heavy atom. The summed E-state index contributed by atoms with van der Waals surface area (Å²) in [7, 11) is 0. The lowest BCUT2D eigenvalue weighted by Crippen LogP contribution is -2.30. The van der Waals surface area contributed by atoms with Crippen LogP contribution in [-0.4, -0.2) is 19.1 Å². The number of hydrogen-bond donors (Lipinski definition) is 2. The molecule has 0 saturated heterocycles. The minimum atomic E-state index is 0.714. The van der Waals surface area contributed by atoms with Crippen molar-refractivity contribution < 1.29 is 0 Å². The highest BCUT2D eigenvalue weighted by Crippen LogP contribution is 2.65. The van der Waals surface area contributed by atoms with Crippen molar-refractivity contribution in [3.05, 3.63) is 29.8 Å². The van der Waals surface area contributed by atoms with Crippen LogP contribution in [0.5, 0.6) is 0 Å². The zero-order chi connectivity index (χ0) is 13.1. The summed E-state index contributed by atoms with van der Waals surface area (Å²) in [4.78, 5) is 0. The lowest BCUT2D eigenvalue weighted by atomic mass is 9.91. The van der Waals surface area contributed by atoms with Gasteiger partial charge >= 0.3 is 0 Å². The molecule has 5 unspecified atom stereocenters. The molecular formula is C18H24N2. The Balaban J connectivity index is 1.26. The van der Waals surface area contributed by atoms with Crippen LogP contribution in [0.4, 0.5) is 5.69 Å². The van der Waals surface area contributed by atoms with E-state index in [1.54, 1.807) is 6.42 Å². The van der Waals surface area contributed by atoms with E-state index in [1.807, 2.05) is 0 Å². The fourth-order valence-corrected chi connectivity index (χ4v) is 5.64. The molecule has 1 aliphatic heterocycles. The molecule has 106 valence electrons. The number of anilines is 1. The Labute approximate surface area is 121 Å². The molecule has 2 bridgehead atoms. The van der Waals surface area contributed by atoms with Crippen LogP contribution in [0.3, 0.4) is 0 Å². The van der Waals surface area contributed by atoms with Crippen LogP contribution in [0.15, 0.2) is 24.3 Å². The summed E-state index contributed by atoms with van der Waals surface area (Å²) in [5, 5.41) is 7.47. The Hall–Kier alpha value is -1.02. The van der Waals surface area contributed by atoms with E-state index in [2.05, 4.69) is 34.9 Å². The van der Waals surface area contributed by atoms with Crippen molar-refractivity contribution in [3.63, 3.8) is 0 Å². The van der Waals surface area contributed by atoms with E-state index >= 15 is 0 Å². The van der Waals surface area contributed by atoms with Gasteiger partial charge in [0.25, 0.3) is 0 Å². The average Bonchev–Trinajstić information content (AvgIpc) is 2.88. The molecule has 0 radical (unpaired) electrons. The molecule has 1 aromatic rings. The van der Waals surface area contributed by atoms with Gasteiger partial charge in [-0.05, 0) is 61.0 Å². The minimum Gasteiger partial charge on any atom is -0.385 e. The second-order valence-corrected chi connectivity index (χ2v) is 7.42. The summed E-state index contributed by atoms with van der Waals surface area (Å²) in [6.45, 7) is 2.32. The maximum atomic E-state index is 3.94. The van der Waals surface area contributed by atoms with Crippen LogP contribution < -0.4 is 10.6 Å². The Bertz CT molecular complexity index is 510. The lowest BCUT2D eigenvalue weighted by Gasteiger charge is -2.27. The van der Waals surface area contributed by atoms with Gasteiger partial charge in [0, 0.05) is 30.7 Å². The maximum Gasteiger partial charge on any atom is 0.0376 e. The highest BCUT2D eigenvalue weighted by Gasteiger charge is 2.64. The van der Waals surface area contributed by atoms with Crippen LogP contribution in [0.1, 0.15) is 37.2 Å². The van der Waals surface area contributed by atoms with Gasteiger partial charge in [-0.15, -0.1) is 0 Å². The van der Waals surface area contributed by atoms with Gasteiger partial charge < -0.3 is 10.6 Å². The Morgan fingerprint density at radius 2 is 1.85 bits per heavy atom. The Kier molecular flexibility index (Phi) is 2.46. The molecule has 3 aliphatic carbocycles. The van der Waals surface area contributed by atoms with E-state index < -0.39 is 0 Å². The van der Waals surface area contributed by atoms with Crippen LogP contribution in [-0.2, 0) is 0 Å². The molecule has 3 saturated carbocycles. The van der Waals surface area contributed by atoms with Crippen molar-refractivity contribution in [2.75, 3.05) is 18.4 Å². The second-order valence-electron chi connectivity index (χ2n) is 7.42. The van der Waals surface area contributed by atoms with Crippen molar-refractivity contribution >= 4 is 5.69 Å². The van der Waals surface area contributed by atoms with Gasteiger partial charge in [0.15, 0.2) is 0 Å². The number of fused-ring (bicyclic) bond motifs is 6. The first kappa shape index (κ1) is 11.6. The predicted molar refractivity (Wildman–Crippen MR) is 81.9 cm³/mol. The summed E-state index contributed by atoms with van der Waals surface area (Å²) in [6, 6.07) is 9.75. The summed E-state index contributed by atoms with van der Waals surface area (Å²) in [6.07, 6.45) is 5.89. The maximum absolute atomic E-state index is 3.94. The predicted octanol–water partition coefficient (Wildman–Crippen LogP) is 3.22. The van der Waals surface area contributed by atoms with Crippen LogP contribution in [0, 0.1) is 23.7 Å². The highest BCUT2D eigenvalue weighted by molar-refractivity contribution is 5.54. The van der Waals surface area contributed by atoms with Crippen LogP contribution in [0.25, 0.3) is 0 Å². The molecule has 0 aromatic heterocycles. The summed E-state index contributed by atoms with van der Waals surface area (Å²) >= 11 is 0. The van der Waals surface area contributed by atoms with Gasteiger partial charge in [0.05, 0.1) is 0 Å². The smallest absolute Gasteiger partial charge is 0.0376 e. The zero-order valence-electron chi connectivity index (χ0n) is 12.0. The molecule has 2 heteroatoms. The highest BCUT2D eigenvalue weighted by atomic mass is 15.0. The van der Waals surface area contributed by atoms with Crippen molar-refractivity contribution in [1.29, 1.82) is 0 Å². The van der Waals surface area contributed by atoms with Crippen molar-refractivity contribution in [2.45, 2.75) is 37.6 Å². The normalized spacial score (nSPS) is 43.8. The number of para-hydroxylation sites is 1. The van der Waals surface area contributed by atoms with Gasteiger partial charge in [-0.3, -0.25) is 0 Å². The van der Waals surface area contributed by atoms with Gasteiger partial charge in [-0.2, -0.15) is 0 Å². The van der Waals surface area contributed by atoms with E-state index in [1.165, 1.54) is 37.1 Å². The van der Waals surface area contributed by atoms with Gasteiger partial charge in [-0.25, -0.2) is 0 Å². The molecular weight excluding hydrogens is 244 g/mol. The van der Waals surface area contributed by atoms with Crippen molar-refractivity contribution in [1.82, 2.24) is 5.32 Å². The molecule has 5 rings (SSSR count). The van der Waals surface area contributed by atoms with Crippen LogP contribution in [0.2, 0.25) is 0 Å². The van der Waals surface area contributed by atoms with Crippen molar-refractivity contribution in [2.24, 2.45) is 23.7 Å². The van der Waals surface area contributed by atoms with E-state index in [9.17, 15) is 0 Å². The minimum absolute atomic E-state index is 0.714. The molecule has 2 N–H and O–H groups in total. The molecule has 4 aliphatic rings. The SMILES string of the molecule is c1ccc2c(c1)NCCC2CNC1C2C3CCC(C3)C12. The number of nitrogens with one attached hydrogen (secondary N) is 2. The fraction of sp³-hybridized carbons (Fsp3) is 0.667. The first-order valence-corrected chi connectivity index (χ1v) is 8.48. The fourth-order valence-electron chi connectivity index (χ4n) is 5.64. The first-order valence-electron chi connectivity index (χ1n) is 8.48. The molecule has 0 amide bonds. The molecule has 1 heterocycles. The molecule has 1 aromatic carbocycles. The molecule has 2 nitrogen and oxygen atoms in total. The zero-order valence-corrected chi connectivity index (χ0v) is 12.0. The standard InChI is InChI=1S/C18H24N2/c1-2-4-15-14(3-1)13(7-8-19-15)10-20-18-16-11-5-6-12(9-11)17(16)18/h1-4,11-13,16-20H,5-10H2. The van der Waals surface area contributed by atoms with E-state index in [0.717, 1.165) is 36.3 Å². The summed E-state index contributed by atoms with van der Waals surface area (Å²) in [5.41, 5.74) is 2.89.